The molecule has 138 valence electrons. The fourth-order valence-corrected chi connectivity index (χ4v) is 0.827. The summed E-state index contributed by atoms with van der Waals surface area (Å²) in [6.45, 7) is -3.43. The van der Waals surface area contributed by atoms with Crippen LogP contribution < -0.4 is 0 Å². The lowest BCUT2D eigenvalue weighted by Crippen LogP contribution is -2.62. The van der Waals surface area contributed by atoms with Crippen LogP contribution in [0.4, 0.5) is 61.5 Å². The Kier molecular flexibility index (Phi) is 5.52. The van der Waals surface area contributed by atoms with Crippen molar-refractivity contribution in [3.63, 3.8) is 0 Å². The van der Waals surface area contributed by atoms with Gasteiger partial charge >= 0.3 is 36.1 Å². The third-order valence-electron chi connectivity index (χ3n) is 2.01. The highest BCUT2D eigenvalue weighted by Gasteiger charge is 2.82. The molecule has 0 amide bonds. The van der Waals surface area contributed by atoms with Crippen molar-refractivity contribution in [2.24, 2.45) is 0 Å². The summed E-state index contributed by atoms with van der Waals surface area (Å²) in [4.78, 5) is 0. The van der Waals surface area contributed by atoms with E-state index in [2.05, 4.69) is 4.74 Å². The van der Waals surface area contributed by atoms with Gasteiger partial charge in [0.15, 0.2) is 6.61 Å². The molecular formula is C8H2F14O. The van der Waals surface area contributed by atoms with Crippen molar-refractivity contribution in [1.82, 2.24) is 0 Å². The Bertz CT molecular complexity index is 454. The van der Waals surface area contributed by atoms with Crippen LogP contribution in [0.3, 0.4) is 0 Å². The molecule has 0 N–H and O–H groups in total. The Morgan fingerprint density at radius 1 is 0.652 bits per heavy atom. The largest absolute Gasteiger partial charge is 0.462 e. The van der Waals surface area contributed by atoms with Gasteiger partial charge in [0.25, 0.3) is 5.83 Å². The highest BCUT2D eigenvalue weighted by molar-refractivity contribution is 5.03. The van der Waals surface area contributed by atoms with Crippen LogP contribution in [0.25, 0.3) is 0 Å². The molecule has 0 fully saturated rings. The third kappa shape index (κ3) is 4.10. The van der Waals surface area contributed by atoms with E-state index in [0.29, 0.717) is 0 Å². The summed E-state index contributed by atoms with van der Waals surface area (Å²) in [5, 5.41) is 0. The number of rotatable bonds is 5. The molecule has 0 aliphatic rings. The fraction of sp³-hybridized carbons (Fsp3) is 0.750. The Morgan fingerprint density at radius 3 is 1.35 bits per heavy atom. The molecule has 0 saturated heterocycles. The first-order chi connectivity index (χ1) is 9.79. The van der Waals surface area contributed by atoms with Crippen LogP contribution in [0.2, 0.25) is 0 Å². The van der Waals surface area contributed by atoms with Crippen LogP contribution in [0, 0.1) is 0 Å². The van der Waals surface area contributed by atoms with Gasteiger partial charge in [-0.15, -0.1) is 0 Å². The highest BCUT2D eigenvalue weighted by Crippen LogP contribution is 2.53. The molecule has 0 heterocycles. The molecule has 0 radical (unpaired) electrons. The molecule has 0 aromatic carbocycles. The molecule has 23 heavy (non-hydrogen) atoms. The van der Waals surface area contributed by atoms with Crippen molar-refractivity contribution in [1.29, 1.82) is 0 Å². The zero-order chi connectivity index (χ0) is 19.1. The van der Waals surface area contributed by atoms with E-state index in [4.69, 9.17) is 0 Å². The van der Waals surface area contributed by atoms with E-state index in [1.165, 1.54) is 0 Å². The van der Waals surface area contributed by atoms with Gasteiger partial charge in [-0.3, -0.25) is 0 Å². The van der Waals surface area contributed by atoms with Crippen LogP contribution in [0.15, 0.2) is 11.8 Å². The first-order valence-corrected chi connectivity index (χ1v) is 4.74. The smallest absolute Gasteiger partial charge is 0.460 e. The molecule has 0 aromatic rings. The molecule has 0 unspecified atom stereocenters. The van der Waals surface area contributed by atoms with E-state index in [1.54, 1.807) is 0 Å². The first kappa shape index (κ1) is 21.6. The van der Waals surface area contributed by atoms with Gasteiger partial charge in [-0.25, -0.2) is 0 Å². The number of allylic oxidation sites excluding steroid dienone is 1. The van der Waals surface area contributed by atoms with Crippen LogP contribution in [-0.4, -0.2) is 36.7 Å². The first-order valence-electron chi connectivity index (χ1n) is 4.74. The summed E-state index contributed by atoms with van der Waals surface area (Å²) in [7, 11) is 0. The Morgan fingerprint density at radius 2 is 1.04 bits per heavy atom. The van der Waals surface area contributed by atoms with Crippen LogP contribution in [-0.2, 0) is 4.74 Å². The molecule has 0 aliphatic heterocycles. The normalized spacial score (nSPS) is 16.3. The summed E-state index contributed by atoms with van der Waals surface area (Å²) in [5.41, 5.74) is 0. The summed E-state index contributed by atoms with van der Waals surface area (Å²) < 4.78 is 172. The van der Waals surface area contributed by atoms with E-state index in [9.17, 15) is 61.5 Å². The molecule has 1 nitrogen and oxygen atoms in total. The number of hydrogen-bond donors (Lipinski definition) is 0. The third-order valence-corrected chi connectivity index (χ3v) is 2.01. The number of ether oxygens (including phenoxy) is 1. The predicted molar refractivity (Wildman–Crippen MR) is 42.1 cm³/mol. The molecule has 15 heteroatoms. The Balaban J connectivity index is 5.45. The van der Waals surface area contributed by atoms with Crippen molar-refractivity contribution >= 4 is 0 Å². The molecule has 0 saturated carbocycles. The van der Waals surface area contributed by atoms with E-state index in [1.807, 2.05) is 0 Å². The van der Waals surface area contributed by atoms with Crippen molar-refractivity contribution in [3.05, 3.63) is 11.8 Å². The number of alkyl halides is 12. The molecule has 0 atom stereocenters. The maximum Gasteiger partial charge on any atom is 0.460 e. The fourth-order valence-electron chi connectivity index (χ4n) is 0.827. The van der Waals surface area contributed by atoms with Gasteiger partial charge in [-0.2, -0.15) is 61.5 Å². The van der Waals surface area contributed by atoms with Gasteiger partial charge in [0, 0.05) is 0 Å². The number of halogens is 14. The lowest BCUT2D eigenvalue weighted by atomic mass is 10.0. The van der Waals surface area contributed by atoms with E-state index in [0.717, 1.165) is 0 Å². The number of hydrogen-bond acceptors (Lipinski definition) is 1. The quantitative estimate of drug-likeness (QED) is 0.474. The van der Waals surface area contributed by atoms with Gasteiger partial charge in [-0.1, -0.05) is 0 Å². The lowest BCUT2D eigenvalue weighted by molar-refractivity contribution is -0.399. The van der Waals surface area contributed by atoms with Gasteiger partial charge in [-0.05, 0) is 0 Å². The molecular weight excluding hydrogens is 378 g/mol. The average Bonchev–Trinajstić information content (AvgIpc) is 2.32. The van der Waals surface area contributed by atoms with Crippen molar-refractivity contribution < 1.29 is 66.2 Å². The Hall–Kier alpha value is -1.44. The minimum atomic E-state index is -7.34. The molecule has 0 bridgehead atoms. The van der Waals surface area contributed by atoms with Crippen molar-refractivity contribution in [2.45, 2.75) is 30.1 Å². The van der Waals surface area contributed by atoms with Gasteiger partial charge in [0.1, 0.15) is 0 Å². The van der Waals surface area contributed by atoms with Crippen LogP contribution in [0.1, 0.15) is 0 Å². The second kappa shape index (κ2) is 5.89. The second-order valence-electron chi connectivity index (χ2n) is 3.73. The molecule has 0 rings (SSSR count). The summed E-state index contributed by atoms with van der Waals surface area (Å²) >= 11 is 0. The van der Waals surface area contributed by atoms with E-state index in [-0.39, 0.29) is 0 Å². The highest BCUT2D eigenvalue weighted by atomic mass is 19.4. The zero-order valence-corrected chi connectivity index (χ0v) is 9.91. The summed E-state index contributed by atoms with van der Waals surface area (Å²) in [5.74, 6) is -24.9. The predicted octanol–water partition coefficient (Wildman–Crippen LogP) is 5.14. The van der Waals surface area contributed by atoms with E-state index < -0.39 is 48.6 Å². The van der Waals surface area contributed by atoms with Gasteiger partial charge < -0.3 is 4.74 Å². The van der Waals surface area contributed by atoms with Crippen molar-refractivity contribution in [2.75, 3.05) is 6.61 Å². The summed E-state index contributed by atoms with van der Waals surface area (Å²) in [6, 6.07) is -3.55. The van der Waals surface area contributed by atoms with Gasteiger partial charge in [0.2, 0.25) is 0 Å². The molecule has 0 aliphatic carbocycles. The maximum atomic E-state index is 12.7. The second-order valence-corrected chi connectivity index (χ2v) is 3.73. The standard InChI is InChI=1S/C8H2F14O/c9-2(5(13,14)15)3(10)23-1-4(11,12)6(16,17)7(18,19)8(20,21)22/h1H2. The average molecular weight is 380 g/mol. The summed E-state index contributed by atoms with van der Waals surface area (Å²) in [6.07, 6.45) is -13.3. The Labute approximate surface area is 116 Å². The zero-order valence-electron chi connectivity index (χ0n) is 9.91. The SMILES string of the molecule is FC(OCC(F)(F)C(F)(F)C(F)(F)C(F)(F)F)=C(F)C(F)(F)F. The monoisotopic (exact) mass is 380 g/mol. The minimum absolute atomic E-state index is 2.58. The van der Waals surface area contributed by atoms with Gasteiger partial charge in [0.05, 0.1) is 0 Å². The maximum absolute atomic E-state index is 12.7. The van der Waals surface area contributed by atoms with Crippen molar-refractivity contribution in [3.8, 4) is 0 Å². The molecule has 0 spiro atoms. The molecule has 0 aromatic heterocycles. The minimum Gasteiger partial charge on any atom is -0.462 e. The van der Waals surface area contributed by atoms with Crippen LogP contribution >= 0.6 is 0 Å². The topological polar surface area (TPSA) is 9.23 Å². The van der Waals surface area contributed by atoms with Crippen LogP contribution in [0.5, 0.6) is 0 Å². The van der Waals surface area contributed by atoms with E-state index >= 15 is 0 Å². The lowest BCUT2D eigenvalue weighted by Gasteiger charge is -2.33.